The number of anilines is 1. The van der Waals surface area contributed by atoms with Gasteiger partial charge >= 0.3 is 0 Å². The number of sulfonamides is 1. The number of terminal acetylenes is 1. The van der Waals surface area contributed by atoms with Gasteiger partial charge in [0.05, 0.1) is 0 Å². The first-order chi connectivity index (χ1) is 8.54. The summed E-state index contributed by atoms with van der Waals surface area (Å²) in [6.45, 7) is 0.223. The monoisotopic (exact) mass is 263 g/mol. The Balaban J connectivity index is 2.39. The van der Waals surface area contributed by atoms with Crippen LogP contribution in [0.1, 0.15) is 6.42 Å². The number of rotatable bonds is 4. The van der Waals surface area contributed by atoms with Gasteiger partial charge in [0, 0.05) is 35.8 Å². The first kappa shape index (κ1) is 12.5. The Morgan fingerprint density at radius 3 is 2.94 bits per heavy atom. The molecule has 0 aliphatic heterocycles. The molecule has 0 atom stereocenters. The molecule has 94 valence electrons. The second-order valence-electron chi connectivity index (χ2n) is 3.81. The molecule has 1 aromatic heterocycles. The van der Waals surface area contributed by atoms with Crippen LogP contribution >= 0.6 is 0 Å². The Bertz CT molecular complexity index is 710. The zero-order valence-corrected chi connectivity index (χ0v) is 10.4. The molecule has 4 N–H and O–H groups in total. The van der Waals surface area contributed by atoms with Crippen LogP contribution in [0.2, 0.25) is 0 Å². The maximum absolute atomic E-state index is 12.0. The summed E-state index contributed by atoms with van der Waals surface area (Å²) in [4.78, 5) is 3.09. The summed E-state index contributed by atoms with van der Waals surface area (Å²) in [5, 5.41) is 0.609. The van der Waals surface area contributed by atoms with Crippen LogP contribution in [0.3, 0.4) is 0 Å². The van der Waals surface area contributed by atoms with Crippen molar-refractivity contribution in [2.24, 2.45) is 0 Å². The standard InChI is InChI=1S/C12H13N3O2S/c1-2-3-6-15-18(16,17)12-8-14-11-7-9(13)4-5-10(11)12/h1,4-5,7-8,14-15H,3,6,13H2. The molecule has 0 amide bonds. The van der Waals surface area contributed by atoms with Gasteiger partial charge in [-0.05, 0) is 18.2 Å². The van der Waals surface area contributed by atoms with Crippen LogP contribution < -0.4 is 10.5 Å². The van der Waals surface area contributed by atoms with E-state index in [9.17, 15) is 8.42 Å². The van der Waals surface area contributed by atoms with E-state index < -0.39 is 10.0 Å². The van der Waals surface area contributed by atoms with Crippen molar-refractivity contribution in [3.63, 3.8) is 0 Å². The molecule has 2 aromatic rings. The average molecular weight is 263 g/mol. The van der Waals surface area contributed by atoms with E-state index in [0.717, 1.165) is 0 Å². The minimum atomic E-state index is -3.55. The molecular formula is C12H13N3O2S. The number of aromatic amines is 1. The summed E-state index contributed by atoms with van der Waals surface area (Å²) in [6, 6.07) is 5.03. The molecule has 0 saturated heterocycles. The number of aromatic nitrogens is 1. The van der Waals surface area contributed by atoms with Gasteiger partial charge in [0.1, 0.15) is 4.90 Å². The minimum absolute atomic E-state index is 0.203. The van der Waals surface area contributed by atoms with E-state index in [1.165, 1.54) is 6.20 Å². The molecule has 0 aliphatic carbocycles. The van der Waals surface area contributed by atoms with Crippen molar-refractivity contribution in [3.05, 3.63) is 24.4 Å². The Kier molecular flexibility index (Phi) is 3.28. The van der Waals surface area contributed by atoms with Crippen molar-refractivity contribution in [1.29, 1.82) is 0 Å². The Hall–Kier alpha value is -1.97. The average Bonchev–Trinajstić information content (AvgIpc) is 2.72. The molecule has 0 unspecified atom stereocenters. The van der Waals surface area contributed by atoms with Crippen LogP contribution in [0.5, 0.6) is 0 Å². The molecule has 0 fully saturated rings. The molecule has 1 heterocycles. The number of fused-ring (bicyclic) bond motifs is 1. The number of hydrogen-bond donors (Lipinski definition) is 3. The summed E-state index contributed by atoms with van der Waals surface area (Å²) in [6.07, 6.45) is 6.88. The van der Waals surface area contributed by atoms with E-state index in [2.05, 4.69) is 15.6 Å². The highest BCUT2D eigenvalue weighted by molar-refractivity contribution is 7.89. The largest absolute Gasteiger partial charge is 0.399 e. The van der Waals surface area contributed by atoms with Crippen LogP contribution in [0.25, 0.3) is 10.9 Å². The van der Waals surface area contributed by atoms with Gasteiger partial charge in [-0.2, -0.15) is 0 Å². The van der Waals surface area contributed by atoms with Crippen LogP contribution in [-0.2, 0) is 10.0 Å². The maximum Gasteiger partial charge on any atom is 0.242 e. The zero-order valence-electron chi connectivity index (χ0n) is 9.60. The van der Waals surface area contributed by atoms with E-state index in [1.54, 1.807) is 18.2 Å². The van der Waals surface area contributed by atoms with Crippen molar-refractivity contribution in [2.75, 3.05) is 12.3 Å². The number of nitrogen functional groups attached to an aromatic ring is 1. The first-order valence-electron chi connectivity index (χ1n) is 5.34. The van der Waals surface area contributed by atoms with E-state index in [1.807, 2.05) is 0 Å². The van der Waals surface area contributed by atoms with Crippen LogP contribution in [0, 0.1) is 12.3 Å². The van der Waals surface area contributed by atoms with Gasteiger partial charge in [-0.25, -0.2) is 13.1 Å². The maximum atomic E-state index is 12.0. The Morgan fingerprint density at radius 2 is 2.22 bits per heavy atom. The number of benzene rings is 1. The van der Waals surface area contributed by atoms with Gasteiger partial charge < -0.3 is 10.7 Å². The van der Waals surface area contributed by atoms with Gasteiger partial charge in [-0.15, -0.1) is 12.3 Å². The Labute approximate surface area is 105 Å². The number of hydrogen-bond acceptors (Lipinski definition) is 3. The lowest BCUT2D eigenvalue weighted by Gasteiger charge is -2.03. The SMILES string of the molecule is C#CCCNS(=O)(=O)c1c[nH]c2cc(N)ccc12. The minimum Gasteiger partial charge on any atom is -0.399 e. The highest BCUT2D eigenvalue weighted by Crippen LogP contribution is 2.24. The second-order valence-corrected chi connectivity index (χ2v) is 5.55. The van der Waals surface area contributed by atoms with Crippen molar-refractivity contribution in [3.8, 4) is 12.3 Å². The van der Waals surface area contributed by atoms with Crippen molar-refractivity contribution in [2.45, 2.75) is 11.3 Å². The molecule has 1 aromatic carbocycles. The van der Waals surface area contributed by atoms with Crippen molar-refractivity contribution < 1.29 is 8.42 Å². The van der Waals surface area contributed by atoms with Crippen LogP contribution in [0.4, 0.5) is 5.69 Å². The summed E-state index contributed by atoms with van der Waals surface area (Å²) in [5.74, 6) is 2.38. The zero-order chi connectivity index (χ0) is 13.2. The molecule has 5 nitrogen and oxygen atoms in total. The molecule has 2 rings (SSSR count). The highest BCUT2D eigenvalue weighted by Gasteiger charge is 2.18. The lowest BCUT2D eigenvalue weighted by molar-refractivity contribution is 0.583. The number of nitrogens with one attached hydrogen (secondary N) is 2. The number of nitrogens with two attached hydrogens (primary N) is 1. The molecule has 0 saturated carbocycles. The van der Waals surface area contributed by atoms with Gasteiger partial charge in [0.15, 0.2) is 0 Å². The van der Waals surface area contributed by atoms with Gasteiger partial charge in [0.25, 0.3) is 0 Å². The quantitative estimate of drug-likeness (QED) is 0.437. The topological polar surface area (TPSA) is 88.0 Å². The molecule has 6 heteroatoms. The van der Waals surface area contributed by atoms with Crippen molar-refractivity contribution >= 4 is 26.6 Å². The third kappa shape index (κ3) is 2.32. The third-order valence-corrected chi connectivity index (χ3v) is 4.02. The van der Waals surface area contributed by atoms with E-state index in [4.69, 9.17) is 12.2 Å². The highest BCUT2D eigenvalue weighted by atomic mass is 32.2. The van der Waals surface area contributed by atoms with Crippen molar-refractivity contribution in [1.82, 2.24) is 9.71 Å². The summed E-state index contributed by atoms with van der Waals surface area (Å²) in [7, 11) is -3.55. The van der Waals surface area contributed by atoms with Crippen LogP contribution in [-0.4, -0.2) is 19.9 Å². The molecule has 18 heavy (non-hydrogen) atoms. The van der Waals surface area contributed by atoms with Crippen LogP contribution in [0.15, 0.2) is 29.3 Å². The van der Waals surface area contributed by atoms with E-state index in [-0.39, 0.29) is 11.4 Å². The molecule has 0 aliphatic rings. The fourth-order valence-electron chi connectivity index (χ4n) is 1.67. The molecule has 0 spiro atoms. The molecular weight excluding hydrogens is 250 g/mol. The second kappa shape index (κ2) is 4.72. The third-order valence-electron chi connectivity index (χ3n) is 2.52. The van der Waals surface area contributed by atoms with E-state index in [0.29, 0.717) is 23.0 Å². The fraction of sp³-hybridized carbons (Fsp3) is 0.167. The van der Waals surface area contributed by atoms with E-state index >= 15 is 0 Å². The first-order valence-corrected chi connectivity index (χ1v) is 6.82. The Morgan fingerprint density at radius 1 is 1.44 bits per heavy atom. The molecule has 0 radical (unpaired) electrons. The lowest BCUT2D eigenvalue weighted by atomic mass is 10.2. The van der Waals surface area contributed by atoms with Gasteiger partial charge in [0.2, 0.25) is 10.0 Å². The van der Waals surface area contributed by atoms with Gasteiger partial charge in [-0.3, -0.25) is 0 Å². The lowest BCUT2D eigenvalue weighted by Crippen LogP contribution is -2.24. The predicted molar refractivity (Wildman–Crippen MR) is 71.3 cm³/mol. The summed E-state index contributed by atoms with van der Waals surface area (Å²) < 4.78 is 26.5. The number of H-pyrrole nitrogens is 1. The predicted octanol–water partition coefficient (Wildman–Crippen LogP) is 1.05. The molecule has 0 bridgehead atoms. The smallest absolute Gasteiger partial charge is 0.242 e. The summed E-state index contributed by atoms with van der Waals surface area (Å²) in [5.41, 5.74) is 6.90. The fourth-order valence-corrected chi connectivity index (χ4v) is 2.88. The normalized spacial score (nSPS) is 11.5. The van der Waals surface area contributed by atoms with Gasteiger partial charge in [-0.1, -0.05) is 0 Å². The summed E-state index contributed by atoms with van der Waals surface area (Å²) >= 11 is 0.